The summed E-state index contributed by atoms with van der Waals surface area (Å²) in [6.45, 7) is 2.03. The zero-order valence-corrected chi connectivity index (χ0v) is 9.73. The number of nitrogens with zero attached hydrogens (tertiary/aromatic N) is 1. The fraction of sp³-hybridized carbons (Fsp3) is 0.364. The Bertz CT molecular complexity index is 401. The number of thiophene rings is 1. The van der Waals surface area contributed by atoms with Crippen molar-refractivity contribution < 1.29 is 4.74 Å². The molecular formula is C11H14N2OS. The first-order chi connectivity index (χ1) is 7.22. The maximum Gasteiger partial charge on any atom is 0.130 e. The molecule has 4 heteroatoms. The minimum Gasteiger partial charge on any atom is -0.496 e. The van der Waals surface area contributed by atoms with Gasteiger partial charge in [0, 0.05) is 11.4 Å². The predicted octanol–water partition coefficient (Wildman–Crippen LogP) is 2.75. The van der Waals surface area contributed by atoms with Gasteiger partial charge in [0.2, 0.25) is 0 Å². The fourth-order valence-corrected chi connectivity index (χ4v) is 2.06. The summed E-state index contributed by atoms with van der Waals surface area (Å²) in [6, 6.07) is 4.00. The van der Waals surface area contributed by atoms with Gasteiger partial charge < -0.3 is 10.5 Å². The summed E-state index contributed by atoms with van der Waals surface area (Å²) in [5.74, 6) is 0.784. The Balaban J connectivity index is 3.00. The molecule has 0 aliphatic carbocycles. The SMILES string of the molecule is CCCC(C#N)=C(N)c1cc(OC)cs1. The number of hydrogen-bond donors (Lipinski definition) is 1. The molecule has 0 aromatic carbocycles. The van der Waals surface area contributed by atoms with Crippen LogP contribution < -0.4 is 10.5 Å². The minimum atomic E-state index is 0.577. The van der Waals surface area contributed by atoms with Crippen molar-refractivity contribution in [2.45, 2.75) is 19.8 Å². The number of rotatable bonds is 4. The molecule has 0 saturated heterocycles. The van der Waals surface area contributed by atoms with Gasteiger partial charge in [0.05, 0.1) is 29.3 Å². The summed E-state index contributed by atoms with van der Waals surface area (Å²) >= 11 is 1.49. The topological polar surface area (TPSA) is 59.0 Å². The molecule has 0 bridgehead atoms. The van der Waals surface area contributed by atoms with E-state index in [9.17, 15) is 0 Å². The van der Waals surface area contributed by atoms with Crippen molar-refractivity contribution in [1.82, 2.24) is 0 Å². The largest absolute Gasteiger partial charge is 0.496 e. The van der Waals surface area contributed by atoms with Gasteiger partial charge in [-0.3, -0.25) is 0 Å². The molecule has 0 saturated carbocycles. The lowest BCUT2D eigenvalue weighted by molar-refractivity contribution is 0.416. The van der Waals surface area contributed by atoms with E-state index in [4.69, 9.17) is 15.7 Å². The molecule has 0 aliphatic rings. The van der Waals surface area contributed by atoms with E-state index in [1.807, 2.05) is 18.4 Å². The molecule has 0 fully saturated rings. The highest BCUT2D eigenvalue weighted by molar-refractivity contribution is 7.11. The molecule has 1 heterocycles. The van der Waals surface area contributed by atoms with Crippen molar-refractivity contribution in [3.8, 4) is 11.8 Å². The minimum absolute atomic E-state index is 0.577. The summed E-state index contributed by atoms with van der Waals surface area (Å²) in [4.78, 5) is 0.900. The van der Waals surface area contributed by atoms with Crippen LogP contribution in [-0.4, -0.2) is 7.11 Å². The summed E-state index contributed by atoms with van der Waals surface area (Å²) in [5, 5.41) is 10.8. The third kappa shape index (κ3) is 2.74. The van der Waals surface area contributed by atoms with Crippen LogP contribution in [0.15, 0.2) is 17.0 Å². The highest BCUT2D eigenvalue weighted by atomic mass is 32.1. The van der Waals surface area contributed by atoms with Crippen molar-refractivity contribution in [3.63, 3.8) is 0 Å². The lowest BCUT2D eigenvalue weighted by atomic mass is 10.1. The lowest BCUT2D eigenvalue weighted by Gasteiger charge is -2.01. The second kappa shape index (κ2) is 5.42. The van der Waals surface area contributed by atoms with Gasteiger partial charge in [-0.1, -0.05) is 13.3 Å². The fourth-order valence-electron chi connectivity index (χ4n) is 1.22. The van der Waals surface area contributed by atoms with Gasteiger partial charge in [-0.25, -0.2) is 0 Å². The molecule has 15 heavy (non-hydrogen) atoms. The molecule has 0 aliphatic heterocycles. The highest BCUT2D eigenvalue weighted by Crippen LogP contribution is 2.27. The lowest BCUT2D eigenvalue weighted by Crippen LogP contribution is -1.98. The number of methoxy groups -OCH3 is 1. The molecule has 1 rings (SSSR count). The summed E-state index contributed by atoms with van der Waals surface area (Å²) < 4.78 is 5.07. The van der Waals surface area contributed by atoms with E-state index in [-0.39, 0.29) is 0 Å². The van der Waals surface area contributed by atoms with Crippen molar-refractivity contribution in [3.05, 3.63) is 21.9 Å². The molecule has 3 nitrogen and oxygen atoms in total. The van der Waals surface area contributed by atoms with Gasteiger partial charge in [-0.2, -0.15) is 5.26 Å². The Kier molecular flexibility index (Phi) is 4.19. The zero-order valence-electron chi connectivity index (χ0n) is 8.91. The molecule has 80 valence electrons. The molecule has 0 amide bonds. The first-order valence-corrected chi connectivity index (χ1v) is 5.62. The van der Waals surface area contributed by atoms with Crippen LogP contribution in [0.5, 0.6) is 5.75 Å². The van der Waals surface area contributed by atoms with Crippen LogP contribution in [0.3, 0.4) is 0 Å². The van der Waals surface area contributed by atoms with E-state index in [0.29, 0.717) is 11.3 Å². The maximum atomic E-state index is 8.94. The Morgan fingerprint density at radius 3 is 2.87 bits per heavy atom. The van der Waals surface area contributed by atoms with Gasteiger partial charge >= 0.3 is 0 Å². The van der Waals surface area contributed by atoms with E-state index in [0.717, 1.165) is 23.5 Å². The normalized spacial score (nSPS) is 11.8. The van der Waals surface area contributed by atoms with Gasteiger partial charge in [-0.05, 0) is 6.42 Å². The third-order valence-electron chi connectivity index (χ3n) is 2.04. The van der Waals surface area contributed by atoms with Crippen LogP contribution in [0.1, 0.15) is 24.6 Å². The first-order valence-electron chi connectivity index (χ1n) is 4.74. The first kappa shape index (κ1) is 11.6. The molecule has 2 N–H and O–H groups in total. The standard InChI is InChI=1S/C11H14N2OS/c1-3-4-8(6-12)11(13)10-5-9(14-2)7-15-10/h5,7H,3-4,13H2,1-2H3. The summed E-state index contributed by atoms with van der Waals surface area (Å²) in [7, 11) is 1.61. The molecule has 0 atom stereocenters. The van der Waals surface area contributed by atoms with Gasteiger partial charge in [0.25, 0.3) is 0 Å². The molecule has 0 spiro atoms. The summed E-state index contributed by atoms with van der Waals surface area (Å²) in [5.41, 5.74) is 7.15. The zero-order chi connectivity index (χ0) is 11.3. The van der Waals surface area contributed by atoms with Crippen LogP contribution in [0.4, 0.5) is 0 Å². The van der Waals surface area contributed by atoms with Crippen molar-refractivity contribution in [2.75, 3.05) is 7.11 Å². The van der Waals surface area contributed by atoms with Gasteiger partial charge in [0.15, 0.2) is 0 Å². The highest BCUT2D eigenvalue weighted by Gasteiger charge is 2.07. The molecule has 0 radical (unpaired) electrons. The van der Waals surface area contributed by atoms with Crippen LogP contribution in [0, 0.1) is 11.3 Å². The average molecular weight is 222 g/mol. The Hall–Kier alpha value is -1.47. The summed E-state index contributed by atoms with van der Waals surface area (Å²) in [6.07, 6.45) is 1.65. The quantitative estimate of drug-likeness (QED) is 0.797. The Labute approximate surface area is 93.8 Å². The van der Waals surface area contributed by atoms with Crippen LogP contribution in [0.25, 0.3) is 5.70 Å². The monoisotopic (exact) mass is 222 g/mol. The average Bonchev–Trinajstić information content (AvgIpc) is 2.73. The maximum absolute atomic E-state index is 8.94. The van der Waals surface area contributed by atoms with E-state index < -0.39 is 0 Å². The van der Waals surface area contributed by atoms with E-state index in [2.05, 4.69) is 6.07 Å². The van der Waals surface area contributed by atoms with E-state index in [1.54, 1.807) is 7.11 Å². The van der Waals surface area contributed by atoms with Gasteiger partial charge in [0.1, 0.15) is 5.75 Å². The Morgan fingerprint density at radius 2 is 2.40 bits per heavy atom. The molecule has 0 unspecified atom stereocenters. The molecule has 1 aromatic rings. The van der Waals surface area contributed by atoms with Crippen molar-refractivity contribution in [1.29, 1.82) is 5.26 Å². The number of nitrogens with two attached hydrogens (primary N) is 1. The second-order valence-corrected chi connectivity index (χ2v) is 4.02. The smallest absolute Gasteiger partial charge is 0.130 e. The Morgan fingerprint density at radius 1 is 1.67 bits per heavy atom. The number of ether oxygens (including phenoxy) is 1. The van der Waals surface area contributed by atoms with Crippen molar-refractivity contribution >= 4 is 17.0 Å². The number of allylic oxidation sites excluding steroid dienone is 1. The van der Waals surface area contributed by atoms with E-state index in [1.165, 1.54) is 11.3 Å². The molecule has 1 aromatic heterocycles. The predicted molar refractivity (Wildman–Crippen MR) is 62.5 cm³/mol. The van der Waals surface area contributed by atoms with Crippen molar-refractivity contribution in [2.24, 2.45) is 5.73 Å². The van der Waals surface area contributed by atoms with Crippen LogP contribution >= 0.6 is 11.3 Å². The number of nitriles is 1. The van der Waals surface area contributed by atoms with Gasteiger partial charge in [-0.15, -0.1) is 11.3 Å². The van der Waals surface area contributed by atoms with Crippen LogP contribution in [0.2, 0.25) is 0 Å². The third-order valence-corrected chi connectivity index (χ3v) is 2.98. The molecular weight excluding hydrogens is 208 g/mol. The van der Waals surface area contributed by atoms with E-state index >= 15 is 0 Å². The number of hydrogen-bond acceptors (Lipinski definition) is 4. The second-order valence-electron chi connectivity index (χ2n) is 3.10. The van der Waals surface area contributed by atoms with Crippen LogP contribution in [-0.2, 0) is 0 Å².